The van der Waals surface area contributed by atoms with E-state index in [1.54, 1.807) is 0 Å². The van der Waals surface area contributed by atoms with Gasteiger partial charge < -0.3 is 0 Å². The fourth-order valence-electron chi connectivity index (χ4n) is 0.217. The first kappa shape index (κ1) is 7.98. The van der Waals surface area contributed by atoms with Crippen molar-refractivity contribution < 1.29 is 9.59 Å². The van der Waals surface area contributed by atoms with E-state index >= 15 is 0 Å². The number of aldehydes is 1. The minimum atomic E-state index is -0.903. The van der Waals surface area contributed by atoms with Gasteiger partial charge in [0.1, 0.15) is 0 Å². The van der Waals surface area contributed by atoms with Crippen molar-refractivity contribution in [1.29, 1.82) is 0 Å². The summed E-state index contributed by atoms with van der Waals surface area (Å²) in [6.45, 7) is 0. The van der Waals surface area contributed by atoms with Gasteiger partial charge >= 0.3 is 5.91 Å². The molecule has 0 aromatic rings. The van der Waals surface area contributed by atoms with Gasteiger partial charge in [-0.1, -0.05) is 0 Å². The largest absolute Gasteiger partial charge is 0.317 e. The highest BCUT2D eigenvalue weighted by Crippen LogP contribution is 1.65. The summed E-state index contributed by atoms with van der Waals surface area (Å²) in [6.07, 6.45) is 0.0553. The molecule has 0 atom stereocenters. The number of nitrogens with one attached hydrogen (secondary N) is 2. The lowest BCUT2D eigenvalue weighted by molar-refractivity contribution is -0.144. The van der Waals surface area contributed by atoms with E-state index in [0.29, 0.717) is 5.12 Å². The van der Waals surface area contributed by atoms with Gasteiger partial charge in [-0.15, -0.1) is 0 Å². The van der Waals surface area contributed by atoms with Gasteiger partial charge in [-0.25, -0.2) is 0 Å². The van der Waals surface area contributed by atoms with E-state index in [0.717, 1.165) is 0 Å². The topological polar surface area (TPSA) is 113 Å². The lowest BCUT2D eigenvalue weighted by Gasteiger charge is -2.14. The standard InChI is InChI=1S/C2H7N5O2/c3-5-7(6-4)2(9)1-8/h1,5-6H,3-4H2. The molecule has 0 rings (SSSR count). The molecule has 9 heavy (non-hydrogen) atoms. The van der Waals surface area contributed by atoms with E-state index < -0.39 is 5.91 Å². The predicted molar refractivity (Wildman–Crippen MR) is 27.6 cm³/mol. The van der Waals surface area contributed by atoms with Crippen LogP contribution in [0.1, 0.15) is 0 Å². The normalized spacial score (nSPS) is 8.67. The van der Waals surface area contributed by atoms with Gasteiger partial charge in [-0.3, -0.25) is 21.3 Å². The molecular weight excluding hydrogens is 126 g/mol. The summed E-state index contributed by atoms with van der Waals surface area (Å²) in [6, 6.07) is 0. The summed E-state index contributed by atoms with van der Waals surface area (Å²) in [4.78, 5) is 19.9. The molecule has 0 spiro atoms. The molecule has 0 fully saturated rings. The Labute approximate surface area is 50.8 Å². The van der Waals surface area contributed by atoms with Gasteiger partial charge in [0.2, 0.25) is 6.29 Å². The van der Waals surface area contributed by atoms with Crippen LogP contribution in [0.2, 0.25) is 0 Å². The molecule has 0 aromatic heterocycles. The Bertz CT molecular complexity index is 110. The number of hydrazine groups is 4. The maximum absolute atomic E-state index is 10.2. The van der Waals surface area contributed by atoms with E-state index in [1.807, 2.05) is 11.1 Å². The maximum atomic E-state index is 10.2. The SMILES string of the molecule is NNN(NN)C(=O)C=O. The van der Waals surface area contributed by atoms with Crippen LogP contribution < -0.4 is 22.8 Å². The molecule has 0 heterocycles. The zero-order valence-corrected chi connectivity index (χ0v) is 4.50. The third kappa shape index (κ3) is 2.15. The van der Waals surface area contributed by atoms with Crippen LogP contribution in [0.4, 0.5) is 0 Å². The number of nitrogens with zero attached hydrogens (tertiary/aromatic N) is 1. The average molecular weight is 133 g/mol. The van der Waals surface area contributed by atoms with Crippen molar-refractivity contribution >= 4 is 12.2 Å². The van der Waals surface area contributed by atoms with E-state index in [2.05, 4.69) is 0 Å². The van der Waals surface area contributed by atoms with E-state index in [-0.39, 0.29) is 6.29 Å². The first-order valence-electron chi connectivity index (χ1n) is 1.98. The second-order valence-electron chi connectivity index (χ2n) is 1.05. The molecular formula is C2H7N5O2. The summed E-state index contributed by atoms with van der Waals surface area (Å²) in [5.74, 6) is 8.52. The molecule has 6 N–H and O–H groups in total. The number of carbonyl (C=O) groups excluding carboxylic acids is 2. The number of amides is 1. The summed E-state index contributed by atoms with van der Waals surface area (Å²) in [5.41, 5.74) is 3.64. The molecule has 7 heteroatoms. The van der Waals surface area contributed by atoms with Crippen molar-refractivity contribution in [2.24, 2.45) is 11.7 Å². The Balaban J connectivity index is 3.78. The first-order valence-corrected chi connectivity index (χ1v) is 1.98. The Hall–Kier alpha value is -1.02. The summed E-state index contributed by atoms with van der Waals surface area (Å²) in [7, 11) is 0. The van der Waals surface area contributed by atoms with Crippen LogP contribution in [-0.4, -0.2) is 17.3 Å². The number of nitrogens with two attached hydrogens (primary N) is 2. The molecule has 0 unspecified atom stereocenters. The third-order valence-electron chi connectivity index (χ3n) is 0.579. The fraction of sp³-hybridized carbons (Fsp3) is 0. The molecule has 0 saturated carbocycles. The van der Waals surface area contributed by atoms with E-state index in [4.69, 9.17) is 11.7 Å². The lowest BCUT2D eigenvalue weighted by atomic mass is 10.7. The van der Waals surface area contributed by atoms with Gasteiger partial charge in [-0.2, -0.15) is 16.2 Å². The molecule has 52 valence electrons. The number of carbonyl (C=O) groups is 2. The van der Waals surface area contributed by atoms with Gasteiger partial charge in [0.15, 0.2) is 0 Å². The smallest absolute Gasteiger partial charge is 0.292 e. The summed E-state index contributed by atoms with van der Waals surface area (Å²) < 4.78 is 0. The Morgan fingerprint density at radius 2 is 1.89 bits per heavy atom. The van der Waals surface area contributed by atoms with Crippen LogP contribution in [0.15, 0.2) is 0 Å². The van der Waals surface area contributed by atoms with Crippen LogP contribution in [-0.2, 0) is 9.59 Å². The highest BCUT2D eigenvalue weighted by atomic mass is 16.2. The van der Waals surface area contributed by atoms with Crippen molar-refractivity contribution in [1.82, 2.24) is 16.2 Å². The van der Waals surface area contributed by atoms with Gasteiger partial charge in [0.05, 0.1) is 0 Å². The van der Waals surface area contributed by atoms with Crippen LogP contribution in [0, 0.1) is 0 Å². The number of hydrogen-bond acceptors (Lipinski definition) is 6. The number of hydrogen-bond donors (Lipinski definition) is 4. The van der Waals surface area contributed by atoms with E-state index in [1.165, 1.54) is 0 Å². The van der Waals surface area contributed by atoms with Crippen molar-refractivity contribution in [3.8, 4) is 0 Å². The van der Waals surface area contributed by atoms with Crippen molar-refractivity contribution in [3.63, 3.8) is 0 Å². The predicted octanol–water partition coefficient (Wildman–Crippen LogP) is -3.23. The van der Waals surface area contributed by atoms with Gasteiger partial charge in [0, 0.05) is 0 Å². The Morgan fingerprint density at radius 3 is 2.00 bits per heavy atom. The second kappa shape index (κ2) is 3.92. The zero-order chi connectivity index (χ0) is 7.28. The van der Waals surface area contributed by atoms with Crippen LogP contribution >= 0.6 is 0 Å². The summed E-state index contributed by atoms with van der Waals surface area (Å²) in [5, 5.41) is 0.521. The van der Waals surface area contributed by atoms with Crippen molar-refractivity contribution in [3.05, 3.63) is 0 Å². The quantitative estimate of drug-likeness (QED) is 0.139. The first-order chi connectivity index (χ1) is 4.26. The average Bonchev–Trinajstić information content (AvgIpc) is 1.90. The molecule has 0 radical (unpaired) electrons. The van der Waals surface area contributed by atoms with Crippen LogP contribution in [0.5, 0.6) is 0 Å². The number of rotatable bonds is 3. The van der Waals surface area contributed by atoms with E-state index in [9.17, 15) is 9.59 Å². The molecule has 0 bridgehead atoms. The summed E-state index contributed by atoms with van der Waals surface area (Å²) >= 11 is 0. The Morgan fingerprint density at radius 1 is 1.44 bits per heavy atom. The highest BCUT2D eigenvalue weighted by Gasteiger charge is 2.06. The molecule has 0 aromatic carbocycles. The van der Waals surface area contributed by atoms with Crippen molar-refractivity contribution in [2.75, 3.05) is 0 Å². The van der Waals surface area contributed by atoms with Crippen LogP contribution in [0.3, 0.4) is 0 Å². The second-order valence-corrected chi connectivity index (χ2v) is 1.05. The molecule has 0 saturated heterocycles. The minimum absolute atomic E-state index is 0.0553. The third-order valence-corrected chi connectivity index (χ3v) is 0.579. The fourth-order valence-corrected chi connectivity index (χ4v) is 0.217. The lowest BCUT2D eigenvalue weighted by Crippen LogP contribution is -2.57. The highest BCUT2D eigenvalue weighted by molar-refractivity contribution is 6.23. The van der Waals surface area contributed by atoms with Crippen molar-refractivity contribution in [2.45, 2.75) is 0 Å². The molecule has 1 amide bonds. The minimum Gasteiger partial charge on any atom is -0.292 e. The molecule has 7 nitrogen and oxygen atoms in total. The zero-order valence-electron chi connectivity index (χ0n) is 4.50. The maximum Gasteiger partial charge on any atom is 0.317 e. The molecule has 0 aliphatic heterocycles. The molecule has 0 aliphatic carbocycles. The van der Waals surface area contributed by atoms with Gasteiger partial charge in [-0.05, 0) is 0 Å². The van der Waals surface area contributed by atoms with Gasteiger partial charge in [0.25, 0.3) is 0 Å². The molecule has 0 aliphatic rings. The Kier molecular flexibility index (Phi) is 3.48. The van der Waals surface area contributed by atoms with Crippen LogP contribution in [0.25, 0.3) is 0 Å². The monoisotopic (exact) mass is 133 g/mol.